The fourth-order valence-corrected chi connectivity index (χ4v) is 4.28. The highest BCUT2D eigenvalue weighted by atomic mass is 32.1. The highest BCUT2D eigenvalue weighted by Crippen LogP contribution is 2.27. The van der Waals surface area contributed by atoms with Crippen LogP contribution in [0.25, 0.3) is 10.6 Å². The molecule has 1 aliphatic heterocycles. The SMILES string of the molecule is Cc1nc(-c2ccccc2)sc1CNC(=O)c1ccn(C2CCCNC2)n1. The van der Waals surface area contributed by atoms with Crippen molar-refractivity contribution in [2.24, 2.45) is 0 Å². The Bertz CT molecular complexity index is 912. The molecule has 1 aromatic carbocycles. The summed E-state index contributed by atoms with van der Waals surface area (Å²) >= 11 is 1.62. The first kappa shape index (κ1) is 17.9. The third kappa shape index (κ3) is 4.09. The van der Waals surface area contributed by atoms with Crippen molar-refractivity contribution in [3.8, 4) is 10.6 Å². The maximum atomic E-state index is 12.5. The van der Waals surface area contributed by atoms with Crippen LogP contribution in [0.3, 0.4) is 0 Å². The molecule has 0 bridgehead atoms. The fourth-order valence-electron chi connectivity index (χ4n) is 3.27. The predicted octanol–water partition coefficient (Wildman–Crippen LogP) is 3.17. The van der Waals surface area contributed by atoms with Crippen molar-refractivity contribution in [3.63, 3.8) is 0 Å². The van der Waals surface area contributed by atoms with Crippen LogP contribution in [0.4, 0.5) is 0 Å². The van der Waals surface area contributed by atoms with Crippen LogP contribution in [0.2, 0.25) is 0 Å². The second-order valence-electron chi connectivity index (χ2n) is 6.76. The molecule has 3 aromatic rings. The molecule has 3 heterocycles. The molecule has 27 heavy (non-hydrogen) atoms. The van der Waals surface area contributed by atoms with Crippen LogP contribution < -0.4 is 10.6 Å². The van der Waals surface area contributed by atoms with Crippen molar-refractivity contribution in [2.75, 3.05) is 13.1 Å². The molecule has 1 fully saturated rings. The molecule has 6 nitrogen and oxygen atoms in total. The van der Waals surface area contributed by atoms with Gasteiger partial charge in [0.25, 0.3) is 5.91 Å². The van der Waals surface area contributed by atoms with Gasteiger partial charge < -0.3 is 10.6 Å². The Morgan fingerprint density at radius 1 is 1.33 bits per heavy atom. The Kier molecular flexibility index (Phi) is 5.31. The lowest BCUT2D eigenvalue weighted by molar-refractivity contribution is 0.0945. The Hall–Kier alpha value is -2.51. The molecular weight excluding hydrogens is 358 g/mol. The van der Waals surface area contributed by atoms with Crippen LogP contribution in [-0.2, 0) is 6.54 Å². The zero-order valence-electron chi connectivity index (χ0n) is 15.3. The van der Waals surface area contributed by atoms with Crippen LogP contribution in [0.5, 0.6) is 0 Å². The molecule has 7 heteroatoms. The van der Waals surface area contributed by atoms with E-state index in [1.165, 1.54) is 0 Å². The average molecular weight is 382 g/mol. The molecule has 4 rings (SSSR count). The lowest BCUT2D eigenvalue weighted by atomic mass is 10.1. The second kappa shape index (κ2) is 8.02. The summed E-state index contributed by atoms with van der Waals surface area (Å²) in [6.45, 7) is 4.41. The van der Waals surface area contributed by atoms with E-state index < -0.39 is 0 Å². The van der Waals surface area contributed by atoms with E-state index in [2.05, 4.69) is 20.7 Å². The van der Waals surface area contributed by atoms with E-state index in [1.54, 1.807) is 17.4 Å². The third-order valence-corrected chi connectivity index (χ3v) is 6.02. The number of hydrogen-bond acceptors (Lipinski definition) is 5. The first-order valence-corrected chi connectivity index (χ1v) is 10.1. The van der Waals surface area contributed by atoms with Crippen LogP contribution in [0.1, 0.15) is 39.9 Å². The number of aromatic nitrogens is 3. The van der Waals surface area contributed by atoms with Gasteiger partial charge in [-0.25, -0.2) is 4.98 Å². The van der Waals surface area contributed by atoms with Crippen molar-refractivity contribution in [1.29, 1.82) is 0 Å². The van der Waals surface area contributed by atoms with Gasteiger partial charge in [0.15, 0.2) is 0 Å². The maximum absolute atomic E-state index is 12.5. The minimum atomic E-state index is -0.147. The molecule has 2 aromatic heterocycles. The van der Waals surface area contributed by atoms with Crippen molar-refractivity contribution >= 4 is 17.2 Å². The van der Waals surface area contributed by atoms with Crippen LogP contribution in [-0.4, -0.2) is 33.8 Å². The van der Waals surface area contributed by atoms with E-state index in [0.717, 1.165) is 47.1 Å². The number of rotatable bonds is 5. The summed E-state index contributed by atoms with van der Waals surface area (Å²) in [4.78, 5) is 18.2. The molecule has 1 amide bonds. The van der Waals surface area contributed by atoms with Crippen molar-refractivity contribution in [3.05, 3.63) is 58.9 Å². The fraction of sp³-hybridized carbons (Fsp3) is 0.350. The summed E-state index contributed by atoms with van der Waals surface area (Å²) in [5, 5.41) is 11.8. The van der Waals surface area contributed by atoms with E-state index in [-0.39, 0.29) is 5.91 Å². The normalized spacial score (nSPS) is 17.0. The number of nitrogens with one attached hydrogen (secondary N) is 2. The van der Waals surface area contributed by atoms with Gasteiger partial charge in [0.2, 0.25) is 0 Å². The van der Waals surface area contributed by atoms with E-state index in [4.69, 9.17) is 0 Å². The molecule has 1 aliphatic rings. The van der Waals surface area contributed by atoms with Gasteiger partial charge in [0.05, 0.1) is 18.3 Å². The second-order valence-corrected chi connectivity index (χ2v) is 7.84. The van der Waals surface area contributed by atoms with E-state index in [0.29, 0.717) is 18.3 Å². The lowest BCUT2D eigenvalue weighted by Gasteiger charge is -2.22. The first-order valence-electron chi connectivity index (χ1n) is 9.26. The van der Waals surface area contributed by atoms with Gasteiger partial charge in [0.1, 0.15) is 10.7 Å². The van der Waals surface area contributed by atoms with Crippen molar-refractivity contribution in [2.45, 2.75) is 32.4 Å². The quantitative estimate of drug-likeness (QED) is 0.712. The Morgan fingerprint density at radius 3 is 2.96 bits per heavy atom. The van der Waals surface area contributed by atoms with E-state index in [1.807, 2.05) is 48.1 Å². The van der Waals surface area contributed by atoms with Gasteiger partial charge in [-0.2, -0.15) is 5.10 Å². The van der Waals surface area contributed by atoms with Gasteiger partial charge in [-0.3, -0.25) is 9.48 Å². The molecule has 0 saturated carbocycles. The molecule has 0 aliphatic carbocycles. The van der Waals surface area contributed by atoms with Gasteiger partial charge in [-0.05, 0) is 32.4 Å². The van der Waals surface area contributed by atoms with E-state index >= 15 is 0 Å². The molecule has 0 radical (unpaired) electrons. The highest BCUT2D eigenvalue weighted by Gasteiger charge is 2.18. The molecule has 0 spiro atoms. The summed E-state index contributed by atoms with van der Waals surface area (Å²) in [5.74, 6) is -0.147. The summed E-state index contributed by atoms with van der Waals surface area (Å²) in [6, 6.07) is 12.2. The van der Waals surface area contributed by atoms with Crippen LogP contribution in [0.15, 0.2) is 42.6 Å². The number of benzene rings is 1. The number of thiazole rings is 1. The van der Waals surface area contributed by atoms with Crippen molar-refractivity contribution in [1.82, 2.24) is 25.4 Å². The summed E-state index contributed by atoms with van der Waals surface area (Å²) < 4.78 is 1.91. The van der Waals surface area contributed by atoms with Crippen LogP contribution in [0, 0.1) is 6.92 Å². The number of carbonyl (C=O) groups is 1. The topological polar surface area (TPSA) is 71.8 Å². The van der Waals surface area contributed by atoms with Crippen molar-refractivity contribution < 1.29 is 4.79 Å². The monoisotopic (exact) mass is 381 g/mol. The maximum Gasteiger partial charge on any atom is 0.272 e. The number of hydrogen-bond donors (Lipinski definition) is 2. The zero-order chi connectivity index (χ0) is 18.6. The Labute approximate surface area is 162 Å². The number of aryl methyl sites for hydroxylation is 1. The van der Waals surface area contributed by atoms with Gasteiger partial charge in [-0.15, -0.1) is 11.3 Å². The Morgan fingerprint density at radius 2 is 2.19 bits per heavy atom. The molecule has 1 atom stereocenters. The third-order valence-electron chi connectivity index (χ3n) is 4.81. The summed E-state index contributed by atoms with van der Waals surface area (Å²) in [5.41, 5.74) is 2.52. The summed E-state index contributed by atoms with van der Waals surface area (Å²) in [7, 11) is 0. The molecule has 140 valence electrons. The number of amides is 1. The first-order chi connectivity index (χ1) is 13.2. The zero-order valence-corrected chi connectivity index (χ0v) is 16.1. The minimum absolute atomic E-state index is 0.147. The molecule has 2 N–H and O–H groups in total. The minimum Gasteiger partial charge on any atom is -0.346 e. The number of nitrogens with zero attached hydrogens (tertiary/aromatic N) is 3. The number of piperidine rings is 1. The molecular formula is C20H23N5OS. The average Bonchev–Trinajstić information content (AvgIpc) is 3.35. The Balaban J connectivity index is 1.39. The largest absolute Gasteiger partial charge is 0.346 e. The lowest BCUT2D eigenvalue weighted by Crippen LogP contribution is -2.32. The molecule has 1 saturated heterocycles. The van der Waals surface area contributed by atoms with Gasteiger partial charge in [-0.1, -0.05) is 30.3 Å². The standard InChI is InChI=1S/C20H23N5OS/c1-14-18(27-20(23-14)15-6-3-2-4-7-15)13-22-19(26)17-9-11-25(24-17)16-8-5-10-21-12-16/h2-4,6-7,9,11,16,21H,5,8,10,12-13H2,1H3,(H,22,26). The van der Waals surface area contributed by atoms with Gasteiger partial charge in [0, 0.05) is 23.2 Å². The van der Waals surface area contributed by atoms with Crippen LogP contribution >= 0.6 is 11.3 Å². The van der Waals surface area contributed by atoms with Gasteiger partial charge >= 0.3 is 0 Å². The smallest absolute Gasteiger partial charge is 0.272 e. The van der Waals surface area contributed by atoms with E-state index in [9.17, 15) is 4.79 Å². The summed E-state index contributed by atoms with van der Waals surface area (Å²) in [6.07, 6.45) is 4.14. The number of carbonyl (C=O) groups excluding carboxylic acids is 1. The predicted molar refractivity (Wildman–Crippen MR) is 107 cm³/mol. The molecule has 1 unspecified atom stereocenters. The highest BCUT2D eigenvalue weighted by molar-refractivity contribution is 7.15.